The van der Waals surface area contributed by atoms with Crippen molar-refractivity contribution in [3.8, 4) is 0 Å². The van der Waals surface area contributed by atoms with E-state index in [1.807, 2.05) is 24.3 Å². The van der Waals surface area contributed by atoms with E-state index < -0.39 is 0 Å². The van der Waals surface area contributed by atoms with Crippen LogP contribution in [-0.2, 0) is 0 Å². The third-order valence-corrected chi connectivity index (χ3v) is 3.01. The second kappa shape index (κ2) is 4.17. The lowest BCUT2D eigenvalue weighted by Crippen LogP contribution is -2.03. The molecular formula is C15H11N3O. The molecule has 0 saturated heterocycles. The van der Waals surface area contributed by atoms with Gasteiger partial charge in [0.15, 0.2) is 0 Å². The number of allylic oxidation sites excluding steroid dienone is 1. The first kappa shape index (κ1) is 11.3. The Hall–Kier alpha value is -2.75. The minimum absolute atomic E-state index is 0.159. The van der Waals surface area contributed by atoms with E-state index in [1.165, 1.54) is 0 Å². The van der Waals surface area contributed by atoms with Crippen molar-refractivity contribution in [2.75, 3.05) is 0 Å². The molecule has 0 amide bonds. The van der Waals surface area contributed by atoms with Gasteiger partial charge in [0.1, 0.15) is 22.6 Å². The molecule has 3 rings (SSSR count). The molecule has 3 aromatic rings. The van der Waals surface area contributed by atoms with Gasteiger partial charge >= 0.3 is 0 Å². The molecule has 19 heavy (non-hydrogen) atoms. The maximum atomic E-state index is 8.09. The SMILES string of the molecule is C=NC(=C)C(=N)c1nccc2oc3ccccc3c12. The van der Waals surface area contributed by atoms with E-state index in [0.29, 0.717) is 17.0 Å². The number of aliphatic imine (C=N–C) groups is 1. The number of fused-ring (bicyclic) bond motifs is 3. The highest BCUT2D eigenvalue weighted by molar-refractivity contribution is 6.21. The molecule has 4 nitrogen and oxygen atoms in total. The van der Waals surface area contributed by atoms with Gasteiger partial charge in [-0.25, -0.2) is 0 Å². The van der Waals surface area contributed by atoms with Crippen molar-refractivity contribution < 1.29 is 4.42 Å². The van der Waals surface area contributed by atoms with Crippen LogP contribution in [0.3, 0.4) is 0 Å². The molecule has 0 atom stereocenters. The van der Waals surface area contributed by atoms with E-state index in [4.69, 9.17) is 9.83 Å². The number of pyridine rings is 1. The lowest BCUT2D eigenvalue weighted by molar-refractivity contribution is 0.668. The van der Waals surface area contributed by atoms with Gasteiger partial charge in [-0.3, -0.25) is 15.4 Å². The third kappa shape index (κ3) is 1.65. The molecule has 0 radical (unpaired) electrons. The summed E-state index contributed by atoms with van der Waals surface area (Å²) in [6.07, 6.45) is 1.62. The topological polar surface area (TPSA) is 62.2 Å². The summed E-state index contributed by atoms with van der Waals surface area (Å²) in [5.41, 5.74) is 2.45. The molecule has 0 bridgehead atoms. The zero-order valence-corrected chi connectivity index (χ0v) is 10.2. The summed E-state index contributed by atoms with van der Waals surface area (Å²) < 4.78 is 5.74. The van der Waals surface area contributed by atoms with Crippen LogP contribution in [-0.4, -0.2) is 17.4 Å². The summed E-state index contributed by atoms with van der Waals surface area (Å²) in [5, 5.41) is 9.84. The minimum atomic E-state index is 0.159. The maximum Gasteiger partial charge on any atom is 0.139 e. The van der Waals surface area contributed by atoms with Crippen molar-refractivity contribution in [3.05, 3.63) is 54.5 Å². The smallest absolute Gasteiger partial charge is 0.139 e. The fourth-order valence-electron chi connectivity index (χ4n) is 2.08. The summed E-state index contributed by atoms with van der Waals surface area (Å²) in [4.78, 5) is 7.96. The predicted molar refractivity (Wildman–Crippen MR) is 77.0 cm³/mol. The Morgan fingerprint density at radius 3 is 2.79 bits per heavy atom. The first-order valence-corrected chi connectivity index (χ1v) is 5.73. The molecule has 0 aliphatic heterocycles. The van der Waals surface area contributed by atoms with E-state index in [9.17, 15) is 0 Å². The van der Waals surface area contributed by atoms with E-state index in [1.54, 1.807) is 12.3 Å². The fraction of sp³-hybridized carbons (Fsp3) is 0. The largest absolute Gasteiger partial charge is 0.456 e. The maximum absolute atomic E-state index is 8.09. The normalized spacial score (nSPS) is 10.7. The van der Waals surface area contributed by atoms with Crippen LogP contribution in [0.5, 0.6) is 0 Å². The predicted octanol–water partition coefficient (Wildman–Crippen LogP) is 3.56. The van der Waals surface area contributed by atoms with Gasteiger partial charge < -0.3 is 4.42 Å². The number of hydrogen-bond acceptors (Lipinski definition) is 4. The Morgan fingerprint density at radius 2 is 2.00 bits per heavy atom. The quantitative estimate of drug-likeness (QED) is 0.721. The molecule has 92 valence electrons. The van der Waals surface area contributed by atoms with Crippen molar-refractivity contribution in [3.63, 3.8) is 0 Å². The number of nitrogens with one attached hydrogen (secondary N) is 1. The lowest BCUT2D eigenvalue weighted by atomic mass is 10.1. The van der Waals surface area contributed by atoms with Gasteiger partial charge in [-0.05, 0) is 18.9 Å². The number of rotatable bonds is 3. The van der Waals surface area contributed by atoms with Gasteiger partial charge in [-0.15, -0.1) is 0 Å². The Morgan fingerprint density at radius 1 is 1.21 bits per heavy atom. The molecule has 0 fully saturated rings. The van der Waals surface area contributed by atoms with E-state index >= 15 is 0 Å². The molecule has 0 spiro atoms. The minimum Gasteiger partial charge on any atom is -0.456 e. The van der Waals surface area contributed by atoms with Gasteiger partial charge in [0.2, 0.25) is 0 Å². The zero-order chi connectivity index (χ0) is 13.4. The van der Waals surface area contributed by atoms with E-state index in [2.05, 4.69) is 23.3 Å². The Bertz CT molecular complexity index is 830. The number of aromatic nitrogens is 1. The van der Waals surface area contributed by atoms with Crippen molar-refractivity contribution >= 4 is 34.4 Å². The summed E-state index contributed by atoms with van der Waals surface area (Å²) in [7, 11) is 0. The third-order valence-electron chi connectivity index (χ3n) is 3.01. The van der Waals surface area contributed by atoms with E-state index in [-0.39, 0.29) is 5.71 Å². The van der Waals surface area contributed by atoms with Crippen LogP contribution in [0, 0.1) is 5.41 Å². The van der Waals surface area contributed by atoms with Gasteiger partial charge in [-0.1, -0.05) is 24.8 Å². The van der Waals surface area contributed by atoms with Crippen LogP contribution < -0.4 is 0 Å². The molecule has 0 aliphatic carbocycles. The lowest BCUT2D eigenvalue weighted by Gasteiger charge is -2.03. The van der Waals surface area contributed by atoms with Gasteiger partial charge in [0.05, 0.1) is 11.1 Å². The number of nitrogens with zero attached hydrogens (tertiary/aromatic N) is 2. The molecule has 1 aromatic carbocycles. The second-order valence-corrected chi connectivity index (χ2v) is 4.11. The highest BCUT2D eigenvalue weighted by Gasteiger charge is 2.16. The molecule has 0 saturated carbocycles. The van der Waals surface area contributed by atoms with E-state index in [0.717, 1.165) is 16.4 Å². The Balaban J connectivity index is 2.39. The second-order valence-electron chi connectivity index (χ2n) is 4.11. The number of benzene rings is 1. The number of furan rings is 1. The highest BCUT2D eigenvalue weighted by atomic mass is 16.3. The van der Waals surface area contributed by atoms with Gasteiger partial charge in [-0.2, -0.15) is 0 Å². The molecule has 0 unspecified atom stereocenters. The number of hydrogen-bond donors (Lipinski definition) is 1. The van der Waals surface area contributed by atoms with Gasteiger partial charge in [0, 0.05) is 11.6 Å². The van der Waals surface area contributed by atoms with Crippen molar-refractivity contribution in [2.45, 2.75) is 0 Å². The molecule has 1 N–H and O–H groups in total. The van der Waals surface area contributed by atoms with Crippen LogP contribution >= 0.6 is 0 Å². The van der Waals surface area contributed by atoms with Crippen molar-refractivity contribution in [1.29, 1.82) is 5.41 Å². The fourth-order valence-corrected chi connectivity index (χ4v) is 2.08. The average molecular weight is 249 g/mol. The van der Waals surface area contributed by atoms with Crippen molar-refractivity contribution in [2.24, 2.45) is 4.99 Å². The molecule has 2 aromatic heterocycles. The van der Waals surface area contributed by atoms with Crippen LogP contribution in [0.4, 0.5) is 0 Å². The number of para-hydroxylation sites is 1. The standard InChI is InChI=1S/C15H11N3O/c1-9(17-2)14(16)15-13-10-5-3-4-6-11(10)19-12(13)7-8-18-15/h3-8,16H,1-2H2. The summed E-state index contributed by atoms with van der Waals surface area (Å²) in [6, 6.07) is 9.47. The summed E-state index contributed by atoms with van der Waals surface area (Å²) in [6.45, 7) is 7.09. The highest BCUT2D eigenvalue weighted by Crippen LogP contribution is 2.30. The molecule has 0 aliphatic rings. The molecule has 4 heteroatoms. The molecule has 2 heterocycles. The van der Waals surface area contributed by atoms with Crippen LogP contribution in [0.25, 0.3) is 21.9 Å². The monoisotopic (exact) mass is 249 g/mol. The first-order chi connectivity index (χ1) is 9.22. The van der Waals surface area contributed by atoms with Crippen LogP contribution in [0.15, 0.2) is 58.2 Å². The molecular weight excluding hydrogens is 238 g/mol. The van der Waals surface area contributed by atoms with Gasteiger partial charge in [0.25, 0.3) is 0 Å². The van der Waals surface area contributed by atoms with Crippen molar-refractivity contribution in [1.82, 2.24) is 4.98 Å². The Kier molecular flexibility index (Phi) is 2.49. The first-order valence-electron chi connectivity index (χ1n) is 5.73. The summed E-state index contributed by atoms with van der Waals surface area (Å²) >= 11 is 0. The summed E-state index contributed by atoms with van der Waals surface area (Å²) in [5.74, 6) is 0. The Labute approximate surface area is 109 Å². The van der Waals surface area contributed by atoms with Crippen LogP contribution in [0.2, 0.25) is 0 Å². The average Bonchev–Trinajstić information content (AvgIpc) is 2.84. The van der Waals surface area contributed by atoms with Crippen LogP contribution in [0.1, 0.15) is 5.69 Å². The zero-order valence-electron chi connectivity index (χ0n) is 10.2.